The van der Waals surface area contributed by atoms with Gasteiger partial charge in [-0.15, -0.1) is 6.42 Å². The number of nitrogens with zero attached hydrogens (tertiary/aromatic N) is 2. The molecule has 0 saturated carbocycles. The van der Waals surface area contributed by atoms with Crippen LogP contribution < -0.4 is 14.3 Å². The average molecular weight is 378 g/mol. The number of terminal acetylenes is 1. The maximum Gasteiger partial charge on any atom is 0.279 e. The summed E-state index contributed by atoms with van der Waals surface area (Å²) in [6.45, 7) is 5.35. The number of ether oxygens (including phenoxy) is 2. The van der Waals surface area contributed by atoms with E-state index in [0.717, 1.165) is 21.3 Å². The van der Waals surface area contributed by atoms with Crippen LogP contribution in [0.1, 0.15) is 21.5 Å². The smallest absolute Gasteiger partial charge is 0.279 e. The Balaban J connectivity index is 1.85. The van der Waals surface area contributed by atoms with Gasteiger partial charge in [0.1, 0.15) is 13.2 Å². The molecule has 2 heterocycles. The summed E-state index contributed by atoms with van der Waals surface area (Å²) in [4.78, 5) is 17.6. The molecule has 0 radical (unpaired) electrons. The highest BCUT2D eigenvalue weighted by Gasteiger charge is 2.17. The fraction of sp³-hybridized carbons (Fsp3) is 0.238. The number of carbonyl (C=O) groups excluding carboxylic acids is 1. The van der Waals surface area contributed by atoms with Crippen LogP contribution in [0.25, 0.3) is 10.2 Å². The van der Waals surface area contributed by atoms with E-state index in [1.54, 1.807) is 6.07 Å². The van der Waals surface area contributed by atoms with Crippen molar-refractivity contribution < 1.29 is 14.3 Å². The highest BCUT2D eigenvalue weighted by Crippen LogP contribution is 2.35. The van der Waals surface area contributed by atoms with Crippen LogP contribution in [-0.2, 0) is 6.54 Å². The first-order valence-corrected chi connectivity index (χ1v) is 9.41. The van der Waals surface area contributed by atoms with Crippen LogP contribution in [0.4, 0.5) is 0 Å². The summed E-state index contributed by atoms with van der Waals surface area (Å²) in [6.07, 6.45) is 5.55. The molecule has 4 rings (SSSR count). The van der Waals surface area contributed by atoms with E-state index in [2.05, 4.69) is 10.9 Å². The minimum absolute atomic E-state index is 0.285. The second-order valence-electron chi connectivity index (χ2n) is 6.35. The topological polar surface area (TPSA) is 52.8 Å². The molecule has 1 aliphatic heterocycles. The van der Waals surface area contributed by atoms with Gasteiger partial charge in [0, 0.05) is 17.7 Å². The van der Waals surface area contributed by atoms with Crippen LogP contribution in [0.5, 0.6) is 11.5 Å². The van der Waals surface area contributed by atoms with E-state index in [1.807, 2.05) is 42.7 Å². The molecule has 2 aromatic carbocycles. The molecule has 0 aliphatic carbocycles. The van der Waals surface area contributed by atoms with Crippen molar-refractivity contribution in [3.63, 3.8) is 0 Å². The van der Waals surface area contributed by atoms with E-state index >= 15 is 0 Å². The number of carbonyl (C=O) groups is 1. The summed E-state index contributed by atoms with van der Waals surface area (Å²) >= 11 is 1.41. The lowest BCUT2D eigenvalue weighted by atomic mass is 10.1. The first-order valence-electron chi connectivity index (χ1n) is 8.59. The van der Waals surface area contributed by atoms with Gasteiger partial charge < -0.3 is 14.0 Å². The number of fused-ring (bicyclic) bond motifs is 2. The van der Waals surface area contributed by atoms with E-state index in [0.29, 0.717) is 41.6 Å². The summed E-state index contributed by atoms with van der Waals surface area (Å²) in [5, 5.41) is 0. The number of thiazole rings is 1. The van der Waals surface area contributed by atoms with Crippen molar-refractivity contribution in [2.75, 3.05) is 13.2 Å². The second-order valence-corrected chi connectivity index (χ2v) is 7.36. The van der Waals surface area contributed by atoms with Gasteiger partial charge in [-0.1, -0.05) is 23.3 Å². The average Bonchev–Trinajstić information content (AvgIpc) is 2.98. The quantitative estimate of drug-likeness (QED) is 0.642. The van der Waals surface area contributed by atoms with Crippen LogP contribution in [0.15, 0.2) is 35.3 Å². The van der Waals surface area contributed by atoms with Gasteiger partial charge in [-0.05, 0) is 37.1 Å². The van der Waals surface area contributed by atoms with Gasteiger partial charge in [-0.3, -0.25) is 4.79 Å². The molecule has 5 nitrogen and oxygen atoms in total. The molecule has 6 heteroatoms. The Kier molecular flexibility index (Phi) is 4.46. The van der Waals surface area contributed by atoms with Crippen LogP contribution in [0.3, 0.4) is 0 Å². The standard InChI is InChI=1S/C21H18N2O3S/c1-4-7-23-16-11-17-18(26-9-8-25-17)12-19(16)27-21(23)22-20(24)15-6-5-13(2)14(3)10-15/h1,5-6,10-12H,7-9H2,2-3H3. The summed E-state index contributed by atoms with van der Waals surface area (Å²) in [5.74, 6) is 3.74. The molecule has 0 saturated heterocycles. The van der Waals surface area contributed by atoms with Gasteiger partial charge in [0.25, 0.3) is 5.91 Å². The maximum absolute atomic E-state index is 12.7. The SMILES string of the molecule is C#CCn1c(=NC(=O)c2ccc(C)c(C)c2)sc2cc3c(cc21)OCCO3. The first-order chi connectivity index (χ1) is 13.1. The summed E-state index contributed by atoms with van der Waals surface area (Å²) in [5.41, 5.74) is 3.65. The number of hydrogen-bond donors (Lipinski definition) is 0. The molecule has 0 unspecified atom stereocenters. The third-order valence-corrected chi connectivity index (χ3v) is 5.59. The predicted octanol–water partition coefficient (Wildman–Crippen LogP) is 3.47. The lowest BCUT2D eigenvalue weighted by Crippen LogP contribution is -2.17. The van der Waals surface area contributed by atoms with Crippen molar-refractivity contribution in [1.82, 2.24) is 4.57 Å². The van der Waals surface area contributed by atoms with Crippen molar-refractivity contribution in [2.24, 2.45) is 4.99 Å². The largest absolute Gasteiger partial charge is 0.486 e. The zero-order chi connectivity index (χ0) is 19.0. The summed E-state index contributed by atoms with van der Waals surface area (Å²) in [7, 11) is 0. The van der Waals surface area contributed by atoms with Gasteiger partial charge >= 0.3 is 0 Å². The molecule has 0 fully saturated rings. The second kappa shape index (κ2) is 6.93. The minimum Gasteiger partial charge on any atom is -0.486 e. The van der Waals surface area contributed by atoms with Gasteiger partial charge in [0.15, 0.2) is 16.3 Å². The van der Waals surface area contributed by atoms with Crippen molar-refractivity contribution in [1.29, 1.82) is 0 Å². The molecule has 3 aromatic rings. The Morgan fingerprint density at radius 2 is 1.93 bits per heavy atom. The van der Waals surface area contributed by atoms with Crippen LogP contribution >= 0.6 is 11.3 Å². The number of hydrogen-bond acceptors (Lipinski definition) is 4. The van der Waals surface area contributed by atoms with Crippen molar-refractivity contribution in [3.8, 4) is 23.8 Å². The zero-order valence-corrected chi connectivity index (χ0v) is 15.9. The zero-order valence-electron chi connectivity index (χ0n) is 15.1. The molecule has 1 aliphatic rings. The van der Waals surface area contributed by atoms with Gasteiger partial charge in [-0.25, -0.2) is 0 Å². The summed E-state index contributed by atoms with van der Waals surface area (Å²) < 4.78 is 14.1. The predicted molar refractivity (Wildman–Crippen MR) is 105 cm³/mol. The Morgan fingerprint density at radius 3 is 2.63 bits per heavy atom. The van der Waals surface area contributed by atoms with Crippen LogP contribution in [0.2, 0.25) is 0 Å². The van der Waals surface area contributed by atoms with E-state index in [1.165, 1.54) is 11.3 Å². The molecule has 0 bridgehead atoms. The Morgan fingerprint density at radius 1 is 1.19 bits per heavy atom. The van der Waals surface area contributed by atoms with Crippen molar-refractivity contribution in [2.45, 2.75) is 20.4 Å². The van der Waals surface area contributed by atoms with E-state index < -0.39 is 0 Å². The third kappa shape index (κ3) is 3.22. The van der Waals surface area contributed by atoms with Crippen LogP contribution in [-0.4, -0.2) is 23.7 Å². The highest BCUT2D eigenvalue weighted by molar-refractivity contribution is 7.16. The fourth-order valence-electron chi connectivity index (χ4n) is 2.96. The number of aromatic nitrogens is 1. The fourth-order valence-corrected chi connectivity index (χ4v) is 4.00. The Labute approximate surface area is 160 Å². The van der Waals surface area contributed by atoms with E-state index in [9.17, 15) is 4.79 Å². The molecule has 27 heavy (non-hydrogen) atoms. The lowest BCUT2D eigenvalue weighted by Gasteiger charge is -2.18. The number of benzene rings is 2. The van der Waals surface area contributed by atoms with Crippen molar-refractivity contribution >= 4 is 27.5 Å². The van der Waals surface area contributed by atoms with Crippen LogP contribution in [0, 0.1) is 26.2 Å². The van der Waals surface area contributed by atoms with Gasteiger partial charge in [0.05, 0.1) is 16.8 Å². The molecule has 1 amide bonds. The number of amides is 1. The lowest BCUT2D eigenvalue weighted by molar-refractivity contribution is 0.0998. The van der Waals surface area contributed by atoms with Gasteiger partial charge in [0.2, 0.25) is 0 Å². The molecule has 0 spiro atoms. The molecule has 1 aromatic heterocycles. The number of aryl methyl sites for hydroxylation is 2. The monoisotopic (exact) mass is 378 g/mol. The highest BCUT2D eigenvalue weighted by atomic mass is 32.1. The molecular weight excluding hydrogens is 360 g/mol. The molecule has 0 N–H and O–H groups in total. The third-order valence-electron chi connectivity index (χ3n) is 4.55. The minimum atomic E-state index is -0.285. The molecule has 136 valence electrons. The normalized spacial score (nSPS) is 13.6. The van der Waals surface area contributed by atoms with E-state index in [-0.39, 0.29) is 5.91 Å². The maximum atomic E-state index is 12.7. The Bertz CT molecular complexity index is 1160. The van der Waals surface area contributed by atoms with E-state index in [4.69, 9.17) is 15.9 Å². The molecule has 0 atom stereocenters. The van der Waals surface area contributed by atoms with Crippen molar-refractivity contribution in [3.05, 3.63) is 51.8 Å². The summed E-state index contributed by atoms with van der Waals surface area (Å²) in [6, 6.07) is 9.41. The first kappa shape index (κ1) is 17.4. The van der Waals surface area contributed by atoms with Gasteiger partial charge in [-0.2, -0.15) is 4.99 Å². The molecular formula is C21H18N2O3S. The number of rotatable bonds is 2. The Hall–Kier alpha value is -3.04.